The van der Waals surface area contributed by atoms with E-state index in [1.807, 2.05) is 30.3 Å². The lowest BCUT2D eigenvalue weighted by Gasteiger charge is -2.22. The lowest BCUT2D eigenvalue weighted by molar-refractivity contribution is -0.385. The van der Waals surface area contributed by atoms with Gasteiger partial charge in [0.2, 0.25) is 0 Å². The molecule has 0 aliphatic carbocycles. The Morgan fingerprint density at radius 3 is 2.30 bits per heavy atom. The normalized spacial score (nSPS) is 15.6. The number of likely N-dealkylation sites (N-methyl/N-ethyl adjacent to an activating group) is 1. The van der Waals surface area contributed by atoms with Crippen molar-refractivity contribution in [2.45, 2.75) is 19.4 Å². The lowest BCUT2D eigenvalue weighted by atomic mass is 10.0. The molecular formula is C26H28N4O3. The van der Waals surface area contributed by atoms with Crippen LogP contribution in [0.4, 0.5) is 17.1 Å². The van der Waals surface area contributed by atoms with E-state index >= 15 is 0 Å². The molecule has 7 heteroatoms. The highest BCUT2D eigenvalue weighted by Crippen LogP contribution is 2.28. The maximum absolute atomic E-state index is 12.7. The highest BCUT2D eigenvalue weighted by Gasteiger charge is 2.24. The second-order valence-electron chi connectivity index (χ2n) is 8.69. The molecule has 3 aromatic carbocycles. The van der Waals surface area contributed by atoms with Crippen LogP contribution in [-0.4, -0.2) is 49.0 Å². The van der Waals surface area contributed by atoms with E-state index in [1.54, 1.807) is 43.3 Å². The summed E-state index contributed by atoms with van der Waals surface area (Å²) < 4.78 is 0. The van der Waals surface area contributed by atoms with Gasteiger partial charge in [-0.1, -0.05) is 24.3 Å². The Morgan fingerprint density at radius 2 is 1.70 bits per heavy atom. The fourth-order valence-corrected chi connectivity index (χ4v) is 4.16. The Kier molecular flexibility index (Phi) is 6.42. The summed E-state index contributed by atoms with van der Waals surface area (Å²) in [4.78, 5) is 28.2. The van der Waals surface area contributed by atoms with Crippen molar-refractivity contribution in [3.05, 3.63) is 88.0 Å². The summed E-state index contributed by atoms with van der Waals surface area (Å²) in [5.41, 5.74) is 4.70. The first-order valence-electron chi connectivity index (χ1n) is 11.0. The minimum Gasteiger partial charge on any atom is -0.370 e. The lowest BCUT2D eigenvalue weighted by Crippen LogP contribution is -2.31. The van der Waals surface area contributed by atoms with Gasteiger partial charge in [0.25, 0.3) is 11.6 Å². The second kappa shape index (κ2) is 9.42. The molecule has 1 unspecified atom stereocenters. The molecule has 0 aromatic heterocycles. The molecule has 170 valence electrons. The van der Waals surface area contributed by atoms with Gasteiger partial charge in [0.1, 0.15) is 0 Å². The van der Waals surface area contributed by atoms with Crippen LogP contribution in [0, 0.1) is 17.0 Å². The molecule has 3 aromatic rings. The first-order chi connectivity index (χ1) is 15.8. The standard InChI is InChI=1S/C26H28N4O3/c1-18-4-5-21(16-25(18)30(32)33)19-6-8-20(9-7-19)26(31)27-22-10-12-23(13-11-22)29-15-14-24(17-29)28(2)3/h4-13,16,24H,14-15,17H2,1-3H3,(H,27,31). The Balaban J connectivity index is 1.41. The SMILES string of the molecule is Cc1ccc(-c2ccc(C(=O)Nc3ccc(N4CCC(N(C)C)C4)cc3)cc2)cc1[N+](=O)[O-]. The van der Waals surface area contributed by atoms with Crippen LogP contribution < -0.4 is 10.2 Å². The summed E-state index contributed by atoms with van der Waals surface area (Å²) in [5, 5.41) is 14.1. The molecule has 1 atom stereocenters. The topological polar surface area (TPSA) is 78.7 Å². The van der Waals surface area contributed by atoms with Crippen LogP contribution in [-0.2, 0) is 0 Å². The second-order valence-corrected chi connectivity index (χ2v) is 8.69. The molecule has 1 aliphatic heterocycles. The molecule has 0 bridgehead atoms. The van der Waals surface area contributed by atoms with Gasteiger partial charge in [-0.3, -0.25) is 14.9 Å². The van der Waals surface area contributed by atoms with Gasteiger partial charge < -0.3 is 15.1 Å². The van der Waals surface area contributed by atoms with Crippen molar-refractivity contribution in [3.8, 4) is 11.1 Å². The molecule has 1 amide bonds. The number of anilines is 2. The molecule has 1 aliphatic rings. The van der Waals surface area contributed by atoms with Crippen molar-refractivity contribution < 1.29 is 9.72 Å². The predicted molar refractivity (Wildman–Crippen MR) is 132 cm³/mol. The van der Waals surface area contributed by atoms with Crippen molar-refractivity contribution in [3.63, 3.8) is 0 Å². The van der Waals surface area contributed by atoms with Crippen LogP contribution in [0.3, 0.4) is 0 Å². The molecule has 0 spiro atoms. The van der Waals surface area contributed by atoms with E-state index in [0.29, 0.717) is 17.2 Å². The molecular weight excluding hydrogens is 416 g/mol. The van der Waals surface area contributed by atoms with Gasteiger partial charge in [-0.15, -0.1) is 0 Å². The number of nitro groups is 1. The van der Waals surface area contributed by atoms with Crippen LogP contribution in [0.2, 0.25) is 0 Å². The third-order valence-corrected chi connectivity index (χ3v) is 6.27. The molecule has 0 radical (unpaired) electrons. The van der Waals surface area contributed by atoms with Crippen molar-refractivity contribution in [1.82, 2.24) is 4.90 Å². The van der Waals surface area contributed by atoms with Crippen LogP contribution in [0.5, 0.6) is 0 Å². The van der Waals surface area contributed by atoms with E-state index in [9.17, 15) is 14.9 Å². The Morgan fingerprint density at radius 1 is 1.03 bits per heavy atom. The number of carbonyl (C=O) groups excluding carboxylic acids is 1. The number of nitrogens with one attached hydrogen (secondary N) is 1. The average Bonchev–Trinajstić information content (AvgIpc) is 3.31. The third-order valence-electron chi connectivity index (χ3n) is 6.27. The molecule has 1 heterocycles. The fraction of sp³-hybridized carbons (Fsp3) is 0.269. The van der Waals surface area contributed by atoms with Crippen molar-refractivity contribution >= 4 is 23.0 Å². The van der Waals surface area contributed by atoms with E-state index in [0.717, 1.165) is 42.0 Å². The number of nitrogens with zero attached hydrogens (tertiary/aromatic N) is 3. The van der Waals surface area contributed by atoms with E-state index in [-0.39, 0.29) is 16.5 Å². The highest BCUT2D eigenvalue weighted by molar-refractivity contribution is 6.04. The van der Waals surface area contributed by atoms with E-state index < -0.39 is 0 Å². The monoisotopic (exact) mass is 444 g/mol. The Hall–Kier alpha value is -3.71. The van der Waals surface area contributed by atoms with Crippen molar-refractivity contribution in [2.75, 3.05) is 37.4 Å². The largest absolute Gasteiger partial charge is 0.370 e. The minimum atomic E-state index is -0.379. The van der Waals surface area contributed by atoms with Gasteiger partial charge in [0, 0.05) is 47.7 Å². The van der Waals surface area contributed by atoms with Crippen LogP contribution in [0.25, 0.3) is 11.1 Å². The summed E-state index contributed by atoms with van der Waals surface area (Å²) in [7, 11) is 4.23. The maximum atomic E-state index is 12.7. The molecule has 1 N–H and O–H groups in total. The number of aryl methyl sites for hydroxylation is 1. The van der Waals surface area contributed by atoms with Crippen LogP contribution in [0.15, 0.2) is 66.7 Å². The number of hydrogen-bond donors (Lipinski definition) is 1. The fourth-order valence-electron chi connectivity index (χ4n) is 4.16. The van der Waals surface area contributed by atoms with Gasteiger partial charge >= 0.3 is 0 Å². The van der Waals surface area contributed by atoms with E-state index in [1.165, 1.54) is 0 Å². The third kappa shape index (κ3) is 5.04. The first kappa shape index (κ1) is 22.5. The molecule has 1 fully saturated rings. The van der Waals surface area contributed by atoms with E-state index in [2.05, 4.69) is 29.2 Å². The number of hydrogen-bond acceptors (Lipinski definition) is 5. The molecule has 1 saturated heterocycles. The van der Waals surface area contributed by atoms with Crippen LogP contribution in [0.1, 0.15) is 22.3 Å². The summed E-state index contributed by atoms with van der Waals surface area (Å²) in [6.45, 7) is 3.76. The molecule has 4 rings (SSSR count). The van der Waals surface area contributed by atoms with Gasteiger partial charge in [0.05, 0.1) is 4.92 Å². The van der Waals surface area contributed by atoms with Crippen LogP contribution >= 0.6 is 0 Å². The minimum absolute atomic E-state index is 0.0870. The zero-order valence-electron chi connectivity index (χ0n) is 19.1. The first-order valence-corrected chi connectivity index (χ1v) is 11.0. The molecule has 0 saturated carbocycles. The summed E-state index contributed by atoms with van der Waals surface area (Å²) >= 11 is 0. The highest BCUT2D eigenvalue weighted by atomic mass is 16.6. The average molecular weight is 445 g/mol. The number of benzene rings is 3. The van der Waals surface area contributed by atoms with Crippen molar-refractivity contribution in [2.24, 2.45) is 0 Å². The van der Waals surface area contributed by atoms with Gasteiger partial charge in [-0.05, 0) is 75.0 Å². The Bertz CT molecular complexity index is 1160. The van der Waals surface area contributed by atoms with Gasteiger partial charge in [-0.25, -0.2) is 0 Å². The zero-order valence-corrected chi connectivity index (χ0v) is 19.1. The van der Waals surface area contributed by atoms with E-state index in [4.69, 9.17) is 0 Å². The zero-order chi connectivity index (χ0) is 23.5. The smallest absolute Gasteiger partial charge is 0.272 e. The van der Waals surface area contributed by atoms with Crippen molar-refractivity contribution in [1.29, 1.82) is 0 Å². The number of carbonyl (C=O) groups is 1. The van der Waals surface area contributed by atoms with Gasteiger partial charge in [0.15, 0.2) is 0 Å². The predicted octanol–water partition coefficient (Wildman–Crippen LogP) is 4.96. The summed E-state index contributed by atoms with van der Waals surface area (Å²) in [5.74, 6) is -0.196. The number of nitro benzene ring substituents is 1. The molecule has 7 nitrogen and oxygen atoms in total. The molecule has 33 heavy (non-hydrogen) atoms. The number of rotatable bonds is 6. The van der Waals surface area contributed by atoms with Gasteiger partial charge in [-0.2, -0.15) is 0 Å². The summed E-state index contributed by atoms with van der Waals surface area (Å²) in [6, 6.07) is 20.7. The summed E-state index contributed by atoms with van der Waals surface area (Å²) in [6.07, 6.45) is 1.15. The quantitative estimate of drug-likeness (QED) is 0.429. The Labute approximate surface area is 193 Å². The number of amides is 1. The maximum Gasteiger partial charge on any atom is 0.272 e.